The van der Waals surface area contributed by atoms with Crippen LogP contribution >= 0.6 is 0 Å². The number of hydrogen-bond acceptors (Lipinski definition) is 2. The van der Waals surface area contributed by atoms with Crippen LogP contribution in [0.25, 0.3) is 0 Å². The van der Waals surface area contributed by atoms with Crippen LogP contribution in [0.4, 0.5) is 0 Å². The first-order chi connectivity index (χ1) is 11.8. The molecule has 0 spiro atoms. The van der Waals surface area contributed by atoms with Gasteiger partial charge in [0.25, 0.3) is 14.3 Å². The van der Waals surface area contributed by atoms with Crippen LogP contribution in [-0.4, -0.2) is 13.9 Å². The summed E-state index contributed by atoms with van der Waals surface area (Å²) in [7, 11) is -2.05. The molecular weight excluding hydrogens is 336 g/mol. The third-order valence-corrected chi connectivity index (χ3v) is 11.9. The zero-order chi connectivity index (χ0) is 20.3. The summed E-state index contributed by atoms with van der Waals surface area (Å²) < 4.78 is 13.5. The van der Waals surface area contributed by atoms with E-state index in [1.807, 2.05) is 6.08 Å². The molecule has 1 rings (SSSR count). The smallest absolute Gasteiger partial charge is 0.265 e. The van der Waals surface area contributed by atoms with E-state index in [2.05, 4.69) is 88.0 Å². The minimum atomic E-state index is -2.05. The highest BCUT2D eigenvalue weighted by molar-refractivity contribution is 6.77. The molecule has 3 heteroatoms. The maximum atomic E-state index is 6.88. The van der Waals surface area contributed by atoms with Crippen molar-refractivity contribution in [3.05, 3.63) is 36.3 Å². The van der Waals surface area contributed by atoms with E-state index >= 15 is 0 Å². The second-order valence-electron chi connectivity index (χ2n) is 9.79. The van der Waals surface area contributed by atoms with E-state index in [4.69, 9.17) is 9.16 Å². The van der Waals surface area contributed by atoms with Gasteiger partial charge in [-0.2, -0.15) is 0 Å². The Morgan fingerprint density at radius 2 is 1.46 bits per heavy atom. The highest BCUT2D eigenvalue weighted by atomic mass is 28.4. The summed E-state index contributed by atoms with van der Waals surface area (Å²) in [4.78, 5) is 0. The van der Waals surface area contributed by atoms with Gasteiger partial charge >= 0.3 is 0 Å². The normalized spacial score (nSPS) is 22.7. The summed E-state index contributed by atoms with van der Waals surface area (Å²) in [6.45, 7) is 26.6. The van der Waals surface area contributed by atoms with Gasteiger partial charge in [-0.15, -0.1) is 0 Å². The number of allylic oxidation sites excluding steroid dienone is 2. The van der Waals surface area contributed by atoms with Crippen LogP contribution in [-0.2, 0) is 9.16 Å². The van der Waals surface area contributed by atoms with Gasteiger partial charge in [-0.3, -0.25) is 0 Å². The Kier molecular flexibility index (Phi) is 7.43. The van der Waals surface area contributed by atoms with Crippen molar-refractivity contribution in [3.63, 3.8) is 0 Å². The first-order valence-electron chi connectivity index (χ1n) is 10.2. The molecule has 0 amide bonds. The molecule has 0 saturated carbocycles. The van der Waals surface area contributed by atoms with Gasteiger partial charge in [0, 0.05) is 5.57 Å². The van der Waals surface area contributed by atoms with E-state index in [-0.39, 0.29) is 5.41 Å². The Morgan fingerprint density at radius 3 is 1.77 bits per heavy atom. The van der Waals surface area contributed by atoms with Gasteiger partial charge in [0.15, 0.2) is 0 Å². The first-order valence-corrected chi connectivity index (χ1v) is 12.4. The molecule has 1 atom stereocenters. The van der Waals surface area contributed by atoms with Crippen molar-refractivity contribution in [2.45, 2.75) is 104 Å². The topological polar surface area (TPSA) is 18.5 Å². The molecule has 1 aliphatic rings. The average Bonchev–Trinajstić information content (AvgIpc) is 2.52. The van der Waals surface area contributed by atoms with Crippen molar-refractivity contribution in [1.82, 2.24) is 0 Å². The predicted octanol–water partition coefficient (Wildman–Crippen LogP) is 7.75. The third kappa shape index (κ3) is 4.85. The molecule has 0 fully saturated rings. The first kappa shape index (κ1) is 23.1. The van der Waals surface area contributed by atoms with Gasteiger partial charge in [-0.25, -0.2) is 0 Å². The van der Waals surface area contributed by atoms with Gasteiger partial charge < -0.3 is 9.16 Å². The van der Waals surface area contributed by atoms with Crippen LogP contribution in [0.2, 0.25) is 16.6 Å². The fraction of sp³-hybridized carbons (Fsp3) is 0.739. The van der Waals surface area contributed by atoms with Crippen molar-refractivity contribution < 1.29 is 9.16 Å². The average molecular weight is 379 g/mol. The summed E-state index contributed by atoms with van der Waals surface area (Å²) in [6, 6.07) is 0. The Morgan fingerprint density at radius 1 is 0.962 bits per heavy atom. The Bertz CT molecular complexity index is 529. The van der Waals surface area contributed by atoms with Gasteiger partial charge in [0.1, 0.15) is 5.60 Å². The van der Waals surface area contributed by atoms with E-state index in [0.29, 0.717) is 16.6 Å². The van der Waals surface area contributed by atoms with E-state index in [1.165, 1.54) is 0 Å². The molecule has 0 aromatic carbocycles. The Balaban J connectivity index is 3.25. The largest absolute Gasteiger partial charge is 0.518 e. The number of ether oxygens (including phenoxy) is 1. The molecule has 0 saturated heterocycles. The van der Waals surface area contributed by atoms with Crippen molar-refractivity contribution in [2.75, 3.05) is 0 Å². The van der Waals surface area contributed by atoms with Crippen LogP contribution in [0.5, 0.6) is 0 Å². The van der Waals surface area contributed by atoms with Crippen LogP contribution in [0.15, 0.2) is 36.3 Å². The standard InChI is InChI=1S/C23H42O2Si/c1-12-23(15-13-22(10,11)14-16-23)24-21(17(2)3)25-26(18(4)5,19(6)7)20(8)9/h12-13,15,18-20H,1,14,16H2,2-11H3. The highest BCUT2D eigenvalue weighted by Crippen LogP contribution is 2.45. The summed E-state index contributed by atoms with van der Waals surface area (Å²) in [5, 5.41) is 0. The van der Waals surface area contributed by atoms with E-state index in [9.17, 15) is 0 Å². The minimum absolute atomic E-state index is 0.216. The monoisotopic (exact) mass is 378 g/mol. The van der Waals surface area contributed by atoms with E-state index in [0.717, 1.165) is 24.4 Å². The quantitative estimate of drug-likeness (QED) is 0.244. The van der Waals surface area contributed by atoms with E-state index in [1.54, 1.807) is 0 Å². The molecule has 0 radical (unpaired) electrons. The third-order valence-electron chi connectivity index (χ3n) is 5.99. The Labute approximate surface area is 163 Å². The number of rotatable bonds is 8. The van der Waals surface area contributed by atoms with Gasteiger partial charge in [0.2, 0.25) is 0 Å². The van der Waals surface area contributed by atoms with Crippen LogP contribution in [0.1, 0.15) is 82.1 Å². The zero-order valence-corrected chi connectivity index (χ0v) is 19.9. The summed E-state index contributed by atoms with van der Waals surface area (Å²) >= 11 is 0. The highest BCUT2D eigenvalue weighted by Gasteiger charge is 2.48. The summed E-state index contributed by atoms with van der Waals surface area (Å²) in [6.07, 6.45) is 8.39. The lowest BCUT2D eigenvalue weighted by molar-refractivity contribution is -0.00327. The molecule has 26 heavy (non-hydrogen) atoms. The van der Waals surface area contributed by atoms with Gasteiger partial charge in [0.05, 0.1) is 0 Å². The Hall–Kier alpha value is -0.963. The molecule has 1 unspecified atom stereocenters. The van der Waals surface area contributed by atoms with Crippen molar-refractivity contribution in [3.8, 4) is 0 Å². The van der Waals surface area contributed by atoms with Crippen LogP contribution in [0.3, 0.4) is 0 Å². The molecule has 0 heterocycles. The van der Waals surface area contributed by atoms with Crippen molar-refractivity contribution in [2.24, 2.45) is 5.41 Å². The maximum absolute atomic E-state index is 6.88. The summed E-state index contributed by atoms with van der Waals surface area (Å²) in [5.74, 6) is 0.719. The fourth-order valence-electron chi connectivity index (χ4n) is 4.26. The fourth-order valence-corrected chi connectivity index (χ4v) is 9.53. The van der Waals surface area contributed by atoms with Crippen LogP contribution in [0, 0.1) is 5.41 Å². The molecule has 0 aromatic rings. The second kappa shape index (κ2) is 8.37. The van der Waals surface area contributed by atoms with Gasteiger partial charge in [-0.1, -0.05) is 68.0 Å². The molecule has 2 nitrogen and oxygen atoms in total. The summed E-state index contributed by atoms with van der Waals surface area (Å²) in [5.41, 5.74) is 2.40. The van der Waals surface area contributed by atoms with Crippen LogP contribution < -0.4 is 0 Å². The van der Waals surface area contributed by atoms with Gasteiger partial charge in [-0.05, 0) is 60.9 Å². The lowest BCUT2D eigenvalue weighted by atomic mass is 9.77. The van der Waals surface area contributed by atoms with E-state index < -0.39 is 13.9 Å². The van der Waals surface area contributed by atoms with Crippen molar-refractivity contribution >= 4 is 8.32 Å². The lowest BCUT2D eigenvalue weighted by Gasteiger charge is -2.44. The SMILES string of the molecule is C=CC1(OC(O[Si](C(C)C)(C(C)C)C(C)C)=C(C)C)C=CC(C)(C)CC1. The maximum Gasteiger partial charge on any atom is 0.265 e. The molecule has 0 aliphatic heterocycles. The van der Waals surface area contributed by atoms with Crippen molar-refractivity contribution in [1.29, 1.82) is 0 Å². The molecule has 0 bridgehead atoms. The molecule has 1 aliphatic carbocycles. The number of hydrogen-bond donors (Lipinski definition) is 0. The zero-order valence-electron chi connectivity index (χ0n) is 18.9. The second-order valence-corrected chi connectivity index (χ2v) is 15.2. The lowest BCUT2D eigenvalue weighted by Crippen LogP contribution is -2.48. The molecular formula is C23H42O2Si. The molecule has 0 aromatic heterocycles. The molecule has 150 valence electrons. The predicted molar refractivity (Wildman–Crippen MR) is 117 cm³/mol. The minimum Gasteiger partial charge on any atom is -0.518 e. The molecule has 0 N–H and O–H groups in total.